The lowest BCUT2D eigenvalue weighted by molar-refractivity contribution is -0.129. The molecular formula is C24H16BrCl2NO4. The Labute approximate surface area is 203 Å². The molecule has 0 aromatic heterocycles. The Kier molecular flexibility index (Phi) is 6.84. The monoisotopic (exact) mass is 531 g/mol. The molecule has 0 aliphatic carbocycles. The van der Waals surface area contributed by atoms with Crippen LogP contribution in [0.2, 0.25) is 10.0 Å². The van der Waals surface area contributed by atoms with Crippen molar-refractivity contribution in [3.8, 4) is 11.5 Å². The molecule has 32 heavy (non-hydrogen) atoms. The van der Waals surface area contributed by atoms with E-state index in [2.05, 4.69) is 20.9 Å². The fraction of sp³-hybridized carbons (Fsp3) is 0.0833. The number of carbonyl (C=O) groups excluding carboxylic acids is 1. The van der Waals surface area contributed by atoms with Gasteiger partial charge in [0.15, 0.2) is 17.2 Å². The van der Waals surface area contributed by atoms with Crippen molar-refractivity contribution in [3.05, 3.63) is 97.6 Å². The molecule has 0 saturated carbocycles. The van der Waals surface area contributed by atoms with Gasteiger partial charge in [0.2, 0.25) is 5.90 Å². The zero-order chi connectivity index (χ0) is 22.7. The standard InChI is InChI=1S/C24H16BrCl2NO4/c1-30-21-9-6-14(11-22(21)31-13-15-4-2-3-5-18(15)25)10-20-24(29)32-23(28-20)17-12-16(26)7-8-19(17)27/h2-12H,13H2,1H3/b20-10-. The first kappa shape index (κ1) is 22.4. The van der Waals surface area contributed by atoms with Gasteiger partial charge in [0, 0.05) is 15.1 Å². The van der Waals surface area contributed by atoms with Crippen LogP contribution in [-0.4, -0.2) is 19.0 Å². The molecule has 0 fully saturated rings. The topological polar surface area (TPSA) is 57.1 Å². The third kappa shape index (κ3) is 4.99. The molecule has 3 aromatic rings. The number of methoxy groups -OCH3 is 1. The molecule has 1 heterocycles. The predicted octanol–water partition coefficient (Wildman–Crippen LogP) is 6.69. The number of hydrogen-bond donors (Lipinski definition) is 0. The second-order valence-corrected chi connectivity index (χ2v) is 8.45. The molecule has 0 N–H and O–H groups in total. The zero-order valence-corrected chi connectivity index (χ0v) is 19.9. The molecule has 0 unspecified atom stereocenters. The van der Waals surface area contributed by atoms with E-state index >= 15 is 0 Å². The van der Waals surface area contributed by atoms with Crippen molar-refractivity contribution in [3.63, 3.8) is 0 Å². The van der Waals surface area contributed by atoms with E-state index in [1.54, 1.807) is 49.6 Å². The minimum atomic E-state index is -0.581. The third-order valence-corrected chi connectivity index (χ3v) is 5.95. The first-order chi connectivity index (χ1) is 15.4. The first-order valence-electron chi connectivity index (χ1n) is 9.47. The van der Waals surface area contributed by atoms with Crippen molar-refractivity contribution in [2.75, 3.05) is 7.11 Å². The average Bonchev–Trinajstić information content (AvgIpc) is 3.15. The molecule has 4 rings (SSSR count). The highest BCUT2D eigenvalue weighted by Gasteiger charge is 2.26. The highest BCUT2D eigenvalue weighted by atomic mass is 79.9. The van der Waals surface area contributed by atoms with Gasteiger partial charge in [0.05, 0.1) is 17.7 Å². The van der Waals surface area contributed by atoms with Gasteiger partial charge >= 0.3 is 5.97 Å². The summed E-state index contributed by atoms with van der Waals surface area (Å²) in [5.41, 5.74) is 2.27. The Balaban J connectivity index is 1.61. The molecule has 8 heteroatoms. The molecule has 162 valence electrons. The number of rotatable bonds is 6. The van der Waals surface area contributed by atoms with Crippen LogP contribution in [0.4, 0.5) is 0 Å². The zero-order valence-electron chi connectivity index (χ0n) is 16.8. The van der Waals surface area contributed by atoms with E-state index in [4.69, 9.17) is 37.4 Å². The average molecular weight is 533 g/mol. The maximum Gasteiger partial charge on any atom is 0.363 e. The largest absolute Gasteiger partial charge is 0.493 e. The SMILES string of the molecule is COc1ccc(/C=C2\N=C(c3cc(Cl)ccc3Cl)OC2=O)cc1OCc1ccccc1Br. The van der Waals surface area contributed by atoms with Crippen molar-refractivity contribution < 1.29 is 19.0 Å². The maximum absolute atomic E-state index is 12.4. The van der Waals surface area contributed by atoms with Gasteiger partial charge in [0.25, 0.3) is 0 Å². The van der Waals surface area contributed by atoms with Gasteiger partial charge in [-0.15, -0.1) is 0 Å². The number of benzene rings is 3. The van der Waals surface area contributed by atoms with Gasteiger partial charge in [-0.2, -0.15) is 0 Å². The number of cyclic esters (lactones) is 1. The summed E-state index contributed by atoms with van der Waals surface area (Å²) in [5.74, 6) is 0.629. The Morgan fingerprint density at radius 1 is 1.06 bits per heavy atom. The minimum absolute atomic E-state index is 0.104. The van der Waals surface area contributed by atoms with Gasteiger partial charge in [-0.05, 0) is 48.0 Å². The lowest BCUT2D eigenvalue weighted by Crippen LogP contribution is -2.06. The molecule has 0 spiro atoms. The number of aliphatic imine (C=N–C) groups is 1. The van der Waals surface area contributed by atoms with Gasteiger partial charge < -0.3 is 14.2 Å². The fourth-order valence-electron chi connectivity index (χ4n) is 3.01. The van der Waals surface area contributed by atoms with E-state index < -0.39 is 5.97 Å². The summed E-state index contributed by atoms with van der Waals surface area (Å²) in [5, 5.41) is 0.844. The molecular weight excluding hydrogens is 517 g/mol. The van der Waals surface area contributed by atoms with E-state index in [-0.39, 0.29) is 11.6 Å². The quantitative estimate of drug-likeness (QED) is 0.262. The molecule has 0 saturated heterocycles. The van der Waals surface area contributed by atoms with Crippen LogP contribution < -0.4 is 9.47 Å². The van der Waals surface area contributed by atoms with Crippen LogP contribution in [0.25, 0.3) is 6.08 Å². The molecule has 0 amide bonds. The highest BCUT2D eigenvalue weighted by Crippen LogP contribution is 2.32. The van der Waals surface area contributed by atoms with Crippen LogP contribution in [0, 0.1) is 0 Å². The number of hydrogen-bond acceptors (Lipinski definition) is 5. The Bertz CT molecular complexity index is 1260. The van der Waals surface area contributed by atoms with Crippen molar-refractivity contribution in [2.24, 2.45) is 4.99 Å². The molecule has 5 nitrogen and oxygen atoms in total. The van der Waals surface area contributed by atoms with E-state index in [1.165, 1.54) is 0 Å². The molecule has 0 radical (unpaired) electrons. The number of nitrogens with zero attached hydrogens (tertiary/aromatic N) is 1. The fourth-order valence-corrected chi connectivity index (χ4v) is 3.78. The van der Waals surface area contributed by atoms with Crippen LogP contribution in [-0.2, 0) is 16.1 Å². The summed E-state index contributed by atoms with van der Waals surface area (Å²) in [6, 6.07) is 18.0. The summed E-state index contributed by atoms with van der Waals surface area (Å²) in [6.45, 7) is 0.343. The van der Waals surface area contributed by atoms with Gasteiger partial charge in [-0.1, -0.05) is 63.4 Å². The second kappa shape index (κ2) is 9.77. The number of halogens is 3. The summed E-state index contributed by atoms with van der Waals surface area (Å²) >= 11 is 15.7. The van der Waals surface area contributed by atoms with Crippen LogP contribution in [0.3, 0.4) is 0 Å². The van der Waals surface area contributed by atoms with Crippen LogP contribution in [0.15, 0.2) is 75.8 Å². The number of ether oxygens (including phenoxy) is 3. The summed E-state index contributed by atoms with van der Waals surface area (Å²) in [4.78, 5) is 16.7. The first-order valence-corrected chi connectivity index (χ1v) is 11.0. The summed E-state index contributed by atoms with van der Waals surface area (Å²) in [6.07, 6.45) is 1.61. The van der Waals surface area contributed by atoms with Crippen molar-refractivity contribution in [1.29, 1.82) is 0 Å². The van der Waals surface area contributed by atoms with E-state index in [0.29, 0.717) is 39.3 Å². The summed E-state index contributed by atoms with van der Waals surface area (Å²) < 4.78 is 17.6. The van der Waals surface area contributed by atoms with Crippen molar-refractivity contribution in [2.45, 2.75) is 6.61 Å². The van der Waals surface area contributed by atoms with Crippen LogP contribution in [0.1, 0.15) is 16.7 Å². The van der Waals surface area contributed by atoms with Gasteiger partial charge in [-0.25, -0.2) is 9.79 Å². The predicted molar refractivity (Wildman–Crippen MR) is 129 cm³/mol. The normalized spacial score (nSPS) is 14.3. The van der Waals surface area contributed by atoms with Crippen LogP contribution >= 0.6 is 39.1 Å². The summed E-state index contributed by atoms with van der Waals surface area (Å²) in [7, 11) is 1.57. The Morgan fingerprint density at radius 2 is 1.88 bits per heavy atom. The van der Waals surface area contributed by atoms with E-state index in [1.807, 2.05) is 24.3 Å². The van der Waals surface area contributed by atoms with E-state index in [9.17, 15) is 4.79 Å². The lowest BCUT2D eigenvalue weighted by atomic mass is 10.1. The maximum atomic E-state index is 12.4. The molecule has 1 aliphatic rings. The Morgan fingerprint density at radius 3 is 2.66 bits per heavy atom. The molecule has 0 bridgehead atoms. The molecule has 1 aliphatic heterocycles. The highest BCUT2D eigenvalue weighted by molar-refractivity contribution is 9.10. The van der Waals surface area contributed by atoms with Crippen LogP contribution in [0.5, 0.6) is 11.5 Å². The van der Waals surface area contributed by atoms with Gasteiger partial charge in [-0.3, -0.25) is 0 Å². The lowest BCUT2D eigenvalue weighted by Gasteiger charge is -2.12. The second-order valence-electron chi connectivity index (χ2n) is 6.75. The third-order valence-electron chi connectivity index (χ3n) is 4.61. The minimum Gasteiger partial charge on any atom is -0.493 e. The van der Waals surface area contributed by atoms with Crippen molar-refractivity contribution >= 4 is 57.1 Å². The number of esters is 1. The van der Waals surface area contributed by atoms with Crippen molar-refractivity contribution in [1.82, 2.24) is 0 Å². The Hall–Kier alpha value is -2.80. The smallest absolute Gasteiger partial charge is 0.363 e. The molecule has 3 aromatic carbocycles. The van der Waals surface area contributed by atoms with E-state index in [0.717, 1.165) is 10.0 Å². The number of carbonyl (C=O) groups is 1. The molecule has 0 atom stereocenters. The van der Waals surface area contributed by atoms with Gasteiger partial charge in [0.1, 0.15) is 6.61 Å².